The van der Waals surface area contributed by atoms with Crippen LogP contribution in [0.1, 0.15) is 19.3 Å². The van der Waals surface area contributed by atoms with Crippen molar-refractivity contribution in [3.8, 4) is 11.5 Å². The summed E-state index contributed by atoms with van der Waals surface area (Å²) in [7, 11) is 3.12. The van der Waals surface area contributed by atoms with Gasteiger partial charge in [-0.2, -0.15) is 0 Å². The van der Waals surface area contributed by atoms with Gasteiger partial charge < -0.3 is 20.1 Å². The number of hydrogen-bond donors (Lipinski definition) is 2. The van der Waals surface area contributed by atoms with Gasteiger partial charge in [-0.05, 0) is 25.0 Å². The van der Waals surface area contributed by atoms with Crippen molar-refractivity contribution in [3.05, 3.63) is 35.5 Å². The van der Waals surface area contributed by atoms with E-state index in [-0.39, 0.29) is 11.8 Å². The van der Waals surface area contributed by atoms with E-state index >= 15 is 0 Å². The molecule has 0 bridgehead atoms. The Morgan fingerprint density at radius 1 is 1.20 bits per heavy atom. The molecule has 1 saturated carbocycles. The Morgan fingerprint density at radius 3 is 2.52 bits per heavy atom. The zero-order valence-electron chi connectivity index (χ0n) is 14.1. The van der Waals surface area contributed by atoms with E-state index < -0.39 is 0 Å². The van der Waals surface area contributed by atoms with Gasteiger partial charge in [-0.3, -0.25) is 4.79 Å². The zero-order valence-corrected chi connectivity index (χ0v) is 14.9. The quantitative estimate of drug-likeness (QED) is 0.805. The lowest BCUT2D eigenvalue weighted by atomic mass is 9.85. The molecule has 1 heterocycles. The molecule has 1 aliphatic rings. The van der Waals surface area contributed by atoms with Crippen molar-refractivity contribution < 1.29 is 14.3 Å². The molecule has 1 aromatic heterocycles. The van der Waals surface area contributed by atoms with Crippen molar-refractivity contribution in [1.82, 2.24) is 4.98 Å². The highest BCUT2D eigenvalue weighted by Gasteiger charge is 2.25. The summed E-state index contributed by atoms with van der Waals surface area (Å²) in [6, 6.07) is 7.02. The van der Waals surface area contributed by atoms with Crippen LogP contribution in [-0.4, -0.2) is 25.1 Å². The number of pyridine rings is 1. The normalized spacial score (nSPS) is 13.7. The number of benzene rings is 1. The maximum absolute atomic E-state index is 12.0. The molecule has 1 fully saturated rings. The number of carbonyl (C=O) groups excluding carboxylic acids is 1. The van der Waals surface area contributed by atoms with Crippen molar-refractivity contribution in [1.29, 1.82) is 0 Å². The number of aromatic nitrogens is 1. The molecule has 0 atom stereocenters. The molecule has 2 N–H and O–H groups in total. The average Bonchev–Trinajstić information content (AvgIpc) is 2.56. The van der Waals surface area contributed by atoms with E-state index in [0.29, 0.717) is 33.7 Å². The highest BCUT2D eigenvalue weighted by molar-refractivity contribution is 6.32. The molecule has 1 aliphatic carbocycles. The number of rotatable bonds is 6. The molecule has 0 saturated heterocycles. The van der Waals surface area contributed by atoms with E-state index in [2.05, 4.69) is 15.6 Å². The second-order valence-corrected chi connectivity index (χ2v) is 6.27. The number of hydrogen-bond acceptors (Lipinski definition) is 5. The number of methoxy groups -OCH3 is 2. The number of amides is 1. The Hall–Kier alpha value is -2.47. The van der Waals surface area contributed by atoms with Gasteiger partial charge in [0.2, 0.25) is 5.91 Å². The van der Waals surface area contributed by atoms with Crippen LogP contribution in [0.3, 0.4) is 0 Å². The standard InChI is InChI=1S/C18H20ClN3O3/c1-24-15-9-14(16(25-2)8-13(15)19)22-17-7-6-12(10-20-17)21-18(23)11-4-3-5-11/h6-11H,3-5H2,1-2H3,(H,20,22)(H,21,23). The van der Waals surface area contributed by atoms with Crippen LogP contribution in [-0.2, 0) is 4.79 Å². The van der Waals surface area contributed by atoms with Gasteiger partial charge in [0, 0.05) is 18.1 Å². The van der Waals surface area contributed by atoms with Crippen LogP contribution in [0.15, 0.2) is 30.5 Å². The molecular formula is C18H20ClN3O3. The number of carbonyl (C=O) groups is 1. The SMILES string of the molecule is COc1cc(Nc2ccc(NC(=O)C3CCC3)cn2)c(OC)cc1Cl. The number of nitrogens with zero attached hydrogens (tertiary/aromatic N) is 1. The number of halogens is 1. The van der Waals surface area contributed by atoms with E-state index in [9.17, 15) is 4.79 Å². The first kappa shape index (κ1) is 17.4. The molecule has 0 unspecified atom stereocenters. The summed E-state index contributed by atoms with van der Waals surface area (Å²) < 4.78 is 10.6. The Kier molecular flexibility index (Phi) is 5.28. The molecule has 1 amide bonds. The van der Waals surface area contributed by atoms with E-state index in [1.54, 1.807) is 38.6 Å². The van der Waals surface area contributed by atoms with Gasteiger partial charge in [0.05, 0.1) is 36.8 Å². The van der Waals surface area contributed by atoms with E-state index in [1.165, 1.54) is 0 Å². The maximum Gasteiger partial charge on any atom is 0.227 e. The first-order valence-corrected chi connectivity index (χ1v) is 8.44. The summed E-state index contributed by atoms with van der Waals surface area (Å²) in [5.41, 5.74) is 1.37. The Bertz CT molecular complexity index is 761. The van der Waals surface area contributed by atoms with Crippen LogP contribution in [0.5, 0.6) is 11.5 Å². The number of ether oxygens (including phenoxy) is 2. The maximum atomic E-state index is 12.0. The van der Waals surface area contributed by atoms with E-state index in [1.807, 2.05) is 6.07 Å². The molecule has 0 radical (unpaired) electrons. The molecular weight excluding hydrogens is 342 g/mol. The smallest absolute Gasteiger partial charge is 0.227 e. The summed E-state index contributed by atoms with van der Waals surface area (Å²) in [5.74, 6) is 1.94. The van der Waals surface area contributed by atoms with Gasteiger partial charge in [0.15, 0.2) is 0 Å². The summed E-state index contributed by atoms with van der Waals surface area (Å²) in [5, 5.41) is 6.52. The zero-order chi connectivity index (χ0) is 17.8. The van der Waals surface area contributed by atoms with Crippen molar-refractivity contribution in [3.63, 3.8) is 0 Å². The fraction of sp³-hybridized carbons (Fsp3) is 0.333. The van der Waals surface area contributed by atoms with Gasteiger partial charge in [-0.1, -0.05) is 18.0 Å². The predicted octanol–water partition coefficient (Wildman–Crippen LogP) is 4.23. The highest BCUT2D eigenvalue weighted by atomic mass is 35.5. The van der Waals surface area contributed by atoms with E-state index in [0.717, 1.165) is 19.3 Å². The topological polar surface area (TPSA) is 72.5 Å². The van der Waals surface area contributed by atoms with Crippen LogP contribution in [0.4, 0.5) is 17.2 Å². The first-order chi connectivity index (χ1) is 12.1. The van der Waals surface area contributed by atoms with Crippen LogP contribution < -0.4 is 20.1 Å². The van der Waals surface area contributed by atoms with Crippen LogP contribution in [0.25, 0.3) is 0 Å². The molecule has 0 spiro atoms. The fourth-order valence-corrected chi connectivity index (χ4v) is 2.78. The van der Waals surface area contributed by atoms with Crippen molar-refractivity contribution >= 4 is 34.7 Å². The summed E-state index contributed by atoms with van der Waals surface area (Å²) in [4.78, 5) is 16.3. The molecule has 0 aliphatic heterocycles. The summed E-state index contributed by atoms with van der Waals surface area (Å²) >= 11 is 6.11. The molecule has 2 aromatic rings. The van der Waals surface area contributed by atoms with Crippen molar-refractivity contribution in [2.45, 2.75) is 19.3 Å². The molecule has 25 heavy (non-hydrogen) atoms. The molecule has 1 aromatic carbocycles. The lowest BCUT2D eigenvalue weighted by Crippen LogP contribution is -2.28. The van der Waals surface area contributed by atoms with Crippen LogP contribution in [0.2, 0.25) is 5.02 Å². The minimum absolute atomic E-state index is 0.0675. The van der Waals surface area contributed by atoms with Gasteiger partial charge in [0.1, 0.15) is 17.3 Å². The van der Waals surface area contributed by atoms with Crippen LogP contribution in [0, 0.1) is 5.92 Å². The predicted molar refractivity (Wildman–Crippen MR) is 98.0 cm³/mol. The summed E-state index contributed by atoms with van der Waals surface area (Å²) in [6.07, 6.45) is 4.69. The number of anilines is 3. The Morgan fingerprint density at radius 2 is 1.96 bits per heavy atom. The van der Waals surface area contributed by atoms with Crippen LogP contribution >= 0.6 is 11.6 Å². The monoisotopic (exact) mass is 361 g/mol. The minimum atomic E-state index is 0.0675. The average molecular weight is 362 g/mol. The lowest BCUT2D eigenvalue weighted by molar-refractivity contribution is -0.122. The second kappa shape index (κ2) is 7.61. The lowest BCUT2D eigenvalue weighted by Gasteiger charge is -2.23. The summed E-state index contributed by atoms with van der Waals surface area (Å²) in [6.45, 7) is 0. The third-order valence-corrected chi connectivity index (χ3v) is 4.54. The van der Waals surface area contributed by atoms with Gasteiger partial charge >= 0.3 is 0 Å². The van der Waals surface area contributed by atoms with Gasteiger partial charge in [0.25, 0.3) is 0 Å². The second-order valence-electron chi connectivity index (χ2n) is 5.86. The largest absolute Gasteiger partial charge is 0.495 e. The minimum Gasteiger partial charge on any atom is -0.495 e. The molecule has 7 heteroatoms. The Labute approximate surface area is 151 Å². The van der Waals surface area contributed by atoms with Crippen molar-refractivity contribution in [2.75, 3.05) is 24.9 Å². The third-order valence-electron chi connectivity index (χ3n) is 4.24. The van der Waals surface area contributed by atoms with E-state index in [4.69, 9.17) is 21.1 Å². The Balaban J connectivity index is 1.71. The third kappa shape index (κ3) is 3.96. The molecule has 3 rings (SSSR count). The highest BCUT2D eigenvalue weighted by Crippen LogP contribution is 2.37. The number of nitrogens with one attached hydrogen (secondary N) is 2. The van der Waals surface area contributed by atoms with Gasteiger partial charge in [-0.15, -0.1) is 0 Å². The fourth-order valence-electron chi connectivity index (χ4n) is 2.55. The first-order valence-electron chi connectivity index (χ1n) is 8.06. The van der Waals surface area contributed by atoms with Crippen molar-refractivity contribution in [2.24, 2.45) is 5.92 Å². The van der Waals surface area contributed by atoms with Gasteiger partial charge in [-0.25, -0.2) is 4.98 Å². The molecule has 132 valence electrons. The molecule has 6 nitrogen and oxygen atoms in total.